The van der Waals surface area contributed by atoms with Gasteiger partial charge in [-0.1, -0.05) is 0 Å². The van der Waals surface area contributed by atoms with E-state index in [4.69, 9.17) is 0 Å². The molecule has 0 saturated heterocycles. The van der Waals surface area contributed by atoms with Crippen LogP contribution in [-0.2, 0) is 0 Å². The third-order valence-corrected chi connectivity index (χ3v) is 7.38. The number of benzene rings is 1. The summed E-state index contributed by atoms with van der Waals surface area (Å²) in [5.41, 5.74) is 5.46. The Bertz CT molecular complexity index is 1250. The van der Waals surface area contributed by atoms with E-state index in [9.17, 15) is 9.50 Å². The molecular weight excluding hydrogens is 389 g/mol. The van der Waals surface area contributed by atoms with E-state index in [1.165, 1.54) is 30.0 Å². The molecule has 2 fully saturated rings. The van der Waals surface area contributed by atoms with E-state index >= 15 is 0 Å². The van der Waals surface area contributed by atoms with E-state index < -0.39 is 6.10 Å². The third kappa shape index (κ3) is 3.32. The Morgan fingerprint density at radius 1 is 0.968 bits per heavy atom. The van der Waals surface area contributed by atoms with Crippen molar-refractivity contribution in [1.82, 2.24) is 14.4 Å². The summed E-state index contributed by atoms with van der Waals surface area (Å²) in [6.45, 7) is 0. The third-order valence-electron chi connectivity index (χ3n) is 7.38. The minimum atomic E-state index is -0.469. The number of hydrogen-bond acceptors (Lipinski definition) is 3. The summed E-state index contributed by atoms with van der Waals surface area (Å²) in [7, 11) is 0. The van der Waals surface area contributed by atoms with Gasteiger partial charge < -0.3 is 9.51 Å². The molecule has 5 heteroatoms. The van der Waals surface area contributed by atoms with Crippen molar-refractivity contribution < 1.29 is 9.50 Å². The highest BCUT2D eigenvalue weighted by Crippen LogP contribution is 2.48. The molecule has 1 atom stereocenters. The van der Waals surface area contributed by atoms with Gasteiger partial charge in [-0.15, -0.1) is 0 Å². The zero-order chi connectivity index (χ0) is 20.9. The van der Waals surface area contributed by atoms with E-state index in [-0.39, 0.29) is 11.7 Å². The van der Waals surface area contributed by atoms with Gasteiger partial charge in [0.25, 0.3) is 0 Å². The molecule has 2 saturated carbocycles. The second-order valence-corrected chi connectivity index (χ2v) is 9.26. The molecule has 2 aliphatic carbocycles. The largest absolute Gasteiger partial charge is 0.388 e. The molecule has 4 nitrogen and oxygen atoms in total. The first kappa shape index (κ1) is 18.9. The number of imidazole rings is 1. The Hall–Kier alpha value is -2.79. The average molecular weight is 416 g/mol. The summed E-state index contributed by atoms with van der Waals surface area (Å²) in [5, 5.41) is 12.4. The highest BCUT2D eigenvalue weighted by Gasteiger charge is 2.34. The Labute approximate surface area is 180 Å². The van der Waals surface area contributed by atoms with Crippen LogP contribution < -0.4 is 0 Å². The highest BCUT2D eigenvalue weighted by atomic mass is 19.1. The summed E-state index contributed by atoms with van der Waals surface area (Å²) in [5.74, 6) is 0.982. The first-order valence-electron chi connectivity index (χ1n) is 11.4. The molecule has 1 N–H and O–H groups in total. The lowest BCUT2D eigenvalue weighted by Gasteiger charge is -2.33. The van der Waals surface area contributed by atoms with Gasteiger partial charge in [-0.25, -0.2) is 9.37 Å². The van der Waals surface area contributed by atoms with Crippen molar-refractivity contribution in [2.75, 3.05) is 0 Å². The number of rotatable bonds is 4. The Kier molecular flexibility index (Phi) is 4.53. The van der Waals surface area contributed by atoms with E-state index in [0.29, 0.717) is 11.8 Å². The van der Waals surface area contributed by atoms with E-state index in [1.54, 1.807) is 12.1 Å². The maximum Gasteiger partial charge on any atom is 0.123 e. The van der Waals surface area contributed by atoms with Crippen LogP contribution in [0.15, 0.2) is 55.2 Å². The first-order valence-corrected chi connectivity index (χ1v) is 11.4. The number of fused-ring (bicyclic) bond motifs is 2. The van der Waals surface area contributed by atoms with Gasteiger partial charge in [0.05, 0.1) is 29.7 Å². The number of aromatic nitrogens is 3. The summed E-state index contributed by atoms with van der Waals surface area (Å²) >= 11 is 0. The molecule has 0 spiro atoms. The maximum atomic E-state index is 13.9. The van der Waals surface area contributed by atoms with Crippen LogP contribution in [0.3, 0.4) is 0 Å². The van der Waals surface area contributed by atoms with Crippen molar-refractivity contribution in [3.8, 4) is 0 Å². The van der Waals surface area contributed by atoms with Gasteiger partial charge >= 0.3 is 0 Å². The summed E-state index contributed by atoms with van der Waals surface area (Å²) in [6.07, 6.45) is 13.5. The fourth-order valence-electron chi connectivity index (χ4n) is 5.58. The average Bonchev–Trinajstić information content (AvgIpc) is 3.54. The monoisotopic (exact) mass is 415 g/mol. The molecule has 2 aliphatic rings. The molecule has 3 heterocycles. The fourth-order valence-corrected chi connectivity index (χ4v) is 5.58. The number of aliphatic hydroxyl groups is 1. The molecule has 4 aromatic rings. The molecule has 0 aliphatic heterocycles. The second kappa shape index (κ2) is 7.41. The van der Waals surface area contributed by atoms with Crippen LogP contribution in [0.1, 0.15) is 73.2 Å². The topological polar surface area (TPSA) is 50.4 Å². The van der Waals surface area contributed by atoms with Crippen LogP contribution in [0.2, 0.25) is 0 Å². The van der Waals surface area contributed by atoms with E-state index in [0.717, 1.165) is 47.7 Å². The van der Waals surface area contributed by atoms with Gasteiger partial charge in [0.15, 0.2) is 0 Å². The van der Waals surface area contributed by atoms with Crippen molar-refractivity contribution in [2.24, 2.45) is 5.92 Å². The van der Waals surface area contributed by atoms with Crippen LogP contribution in [0, 0.1) is 11.7 Å². The second-order valence-electron chi connectivity index (χ2n) is 9.26. The number of pyridine rings is 2. The predicted octanol–water partition coefficient (Wildman–Crippen LogP) is 5.91. The Morgan fingerprint density at radius 3 is 2.55 bits per heavy atom. The van der Waals surface area contributed by atoms with Gasteiger partial charge in [0.2, 0.25) is 0 Å². The molecular formula is C26H26FN3O. The summed E-state index contributed by atoms with van der Waals surface area (Å²) in [4.78, 5) is 8.72. The van der Waals surface area contributed by atoms with Gasteiger partial charge in [-0.05, 0) is 97.7 Å². The molecule has 6 rings (SSSR count). The lowest BCUT2D eigenvalue weighted by Crippen LogP contribution is -2.21. The van der Waals surface area contributed by atoms with E-state index in [1.807, 2.05) is 29.2 Å². The van der Waals surface area contributed by atoms with Crippen LogP contribution in [0.5, 0.6) is 0 Å². The highest BCUT2D eigenvalue weighted by molar-refractivity contribution is 5.82. The van der Waals surface area contributed by atoms with Gasteiger partial charge in [0.1, 0.15) is 5.82 Å². The quantitative estimate of drug-likeness (QED) is 0.451. The molecule has 1 aromatic carbocycles. The standard InChI is InChI=1S/C26H26FN3O/c27-19-7-8-23-22(13-19)20(9-11-29-23)16-3-5-18(6-4-16)26(31)25-21(17-1-2-17)10-12-30-15-28-14-24(25)30/h7-18,26,31H,1-6H2/t16-,18-,26-/m1/s1. The minimum absolute atomic E-state index is 0.215. The van der Waals surface area contributed by atoms with E-state index in [2.05, 4.69) is 22.2 Å². The first-order chi connectivity index (χ1) is 15.2. The van der Waals surface area contributed by atoms with Crippen LogP contribution in [-0.4, -0.2) is 19.5 Å². The molecule has 3 aromatic heterocycles. The van der Waals surface area contributed by atoms with Gasteiger partial charge in [0, 0.05) is 23.3 Å². The van der Waals surface area contributed by atoms with Gasteiger partial charge in [-0.2, -0.15) is 0 Å². The molecule has 158 valence electrons. The zero-order valence-corrected chi connectivity index (χ0v) is 17.4. The summed E-state index contributed by atoms with van der Waals surface area (Å²) in [6, 6.07) is 9.06. The smallest absolute Gasteiger partial charge is 0.123 e. The molecule has 31 heavy (non-hydrogen) atoms. The lowest BCUT2D eigenvalue weighted by atomic mass is 9.74. The van der Waals surface area contributed by atoms with Crippen LogP contribution in [0.4, 0.5) is 4.39 Å². The number of aliphatic hydroxyl groups excluding tert-OH is 1. The normalized spacial score (nSPS) is 22.8. The SMILES string of the molecule is O[C@@H](c1c(C2CC2)ccn2cncc12)[C@H]1CC[C@H](c2ccnc3ccc(F)cc32)CC1. The number of halogens is 1. The fraction of sp³-hybridized carbons (Fsp3) is 0.385. The number of hydrogen-bond donors (Lipinski definition) is 1. The predicted molar refractivity (Wildman–Crippen MR) is 119 cm³/mol. The maximum absolute atomic E-state index is 13.9. The van der Waals surface area contributed by atoms with Crippen molar-refractivity contribution in [2.45, 2.75) is 56.5 Å². The Morgan fingerprint density at radius 2 is 1.74 bits per heavy atom. The minimum Gasteiger partial charge on any atom is -0.388 e. The lowest BCUT2D eigenvalue weighted by molar-refractivity contribution is 0.0811. The number of nitrogens with zero attached hydrogens (tertiary/aromatic N) is 3. The molecule has 0 unspecified atom stereocenters. The van der Waals surface area contributed by atoms with Crippen molar-refractivity contribution in [1.29, 1.82) is 0 Å². The molecule has 0 radical (unpaired) electrons. The van der Waals surface area contributed by atoms with Crippen molar-refractivity contribution in [3.05, 3.63) is 77.8 Å². The van der Waals surface area contributed by atoms with Crippen molar-refractivity contribution >= 4 is 16.4 Å². The summed E-state index contributed by atoms with van der Waals surface area (Å²) < 4.78 is 15.9. The molecule has 0 bridgehead atoms. The van der Waals surface area contributed by atoms with Crippen molar-refractivity contribution in [3.63, 3.8) is 0 Å². The van der Waals surface area contributed by atoms with Crippen LogP contribution >= 0.6 is 0 Å². The Balaban J connectivity index is 1.27. The zero-order valence-electron chi connectivity index (χ0n) is 17.4. The van der Waals surface area contributed by atoms with Gasteiger partial charge in [-0.3, -0.25) is 4.98 Å². The van der Waals surface area contributed by atoms with Crippen LogP contribution in [0.25, 0.3) is 16.4 Å². The molecule has 0 amide bonds.